The minimum atomic E-state index is -0.720. The number of hydrogen-bond acceptors (Lipinski definition) is 3. The van der Waals surface area contributed by atoms with E-state index in [0.717, 1.165) is 32.2 Å². The van der Waals surface area contributed by atoms with Crippen LogP contribution in [0.1, 0.15) is 32.1 Å². The molecule has 1 aliphatic heterocycles. The van der Waals surface area contributed by atoms with E-state index in [9.17, 15) is 9.59 Å². The number of ether oxygens (including phenoxy) is 1. The number of carboxylic acids is 1. The molecule has 0 radical (unpaired) electrons. The third-order valence-electron chi connectivity index (χ3n) is 4.29. The minimum Gasteiger partial charge on any atom is -0.481 e. The Morgan fingerprint density at radius 1 is 1.47 bits per heavy atom. The number of carbonyl (C=O) groups excluding carboxylic acids is 1. The van der Waals surface area contributed by atoms with Crippen LogP contribution in [0.4, 0.5) is 4.79 Å². The van der Waals surface area contributed by atoms with Crippen molar-refractivity contribution in [1.82, 2.24) is 4.90 Å². The van der Waals surface area contributed by atoms with Crippen molar-refractivity contribution in [1.29, 1.82) is 0 Å². The fourth-order valence-corrected chi connectivity index (χ4v) is 3.43. The summed E-state index contributed by atoms with van der Waals surface area (Å²) in [4.78, 5) is 24.3. The average Bonchev–Trinajstić information content (AvgIpc) is 2.94. The van der Waals surface area contributed by atoms with Crippen molar-refractivity contribution in [3.8, 4) is 0 Å². The number of hydrogen-bond donors (Lipinski definition) is 1. The molecule has 0 aromatic carbocycles. The molecule has 2 atom stereocenters. The summed E-state index contributed by atoms with van der Waals surface area (Å²) in [5, 5.41) is 8.85. The Bertz CT molecular complexity index is 382. The Morgan fingerprint density at radius 3 is 2.95 bits per heavy atom. The van der Waals surface area contributed by atoms with E-state index in [-0.39, 0.29) is 30.5 Å². The van der Waals surface area contributed by atoms with E-state index in [2.05, 4.69) is 6.58 Å². The predicted molar refractivity (Wildman–Crippen MR) is 69.8 cm³/mol. The van der Waals surface area contributed by atoms with Crippen LogP contribution in [0.3, 0.4) is 0 Å². The van der Waals surface area contributed by atoms with Gasteiger partial charge in [0.05, 0.1) is 0 Å². The molecule has 2 aliphatic rings. The molecule has 2 unspecified atom stereocenters. The lowest BCUT2D eigenvalue weighted by molar-refractivity contribution is -0.138. The van der Waals surface area contributed by atoms with Crippen molar-refractivity contribution in [2.24, 2.45) is 11.3 Å². The van der Waals surface area contributed by atoms with Crippen LogP contribution in [0.15, 0.2) is 12.7 Å². The molecule has 1 N–H and O–H groups in total. The summed E-state index contributed by atoms with van der Waals surface area (Å²) < 4.78 is 5.04. The second-order valence-electron chi connectivity index (χ2n) is 5.74. The summed E-state index contributed by atoms with van der Waals surface area (Å²) in [6.45, 7) is 5.18. The molecular formula is C14H21NO4. The normalized spacial score (nSPS) is 29.7. The van der Waals surface area contributed by atoms with Crippen LogP contribution in [-0.2, 0) is 9.53 Å². The van der Waals surface area contributed by atoms with Gasteiger partial charge in [0.2, 0.25) is 0 Å². The van der Waals surface area contributed by atoms with E-state index in [0.29, 0.717) is 6.54 Å². The van der Waals surface area contributed by atoms with E-state index in [1.54, 1.807) is 11.0 Å². The molecule has 106 valence electrons. The molecule has 2 rings (SSSR count). The van der Waals surface area contributed by atoms with Crippen molar-refractivity contribution in [3.63, 3.8) is 0 Å². The molecule has 0 aromatic rings. The van der Waals surface area contributed by atoms with Gasteiger partial charge >= 0.3 is 12.1 Å². The van der Waals surface area contributed by atoms with Gasteiger partial charge in [-0.05, 0) is 37.0 Å². The van der Waals surface area contributed by atoms with Crippen molar-refractivity contribution in [2.75, 3.05) is 19.7 Å². The quantitative estimate of drug-likeness (QED) is 0.793. The number of carbonyl (C=O) groups is 2. The van der Waals surface area contributed by atoms with Crippen molar-refractivity contribution in [3.05, 3.63) is 12.7 Å². The van der Waals surface area contributed by atoms with Crippen molar-refractivity contribution < 1.29 is 19.4 Å². The van der Waals surface area contributed by atoms with Crippen LogP contribution in [0.2, 0.25) is 0 Å². The highest BCUT2D eigenvalue weighted by Gasteiger charge is 2.45. The van der Waals surface area contributed by atoms with Crippen LogP contribution < -0.4 is 0 Å². The fraction of sp³-hybridized carbons (Fsp3) is 0.714. The van der Waals surface area contributed by atoms with Gasteiger partial charge in [0.15, 0.2) is 0 Å². The van der Waals surface area contributed by atoms with Crippen LogP contribution in [0.5, 0.6) is 0 Å². The van der Waals surface area contributed by atoms with Gasteiger partial charge in [-0.2, -0.15) is 0 Å². The lowest BCUT2D eigenvalue weighted by Crippen LogP contribution is -2.32. The molecule has 1 saturated heterocycles. The zero-order valence-corrected chi connectivity index (χ0v) is 11.1. The number of carboxylic acid groups (broad SMARTS) is 1. The SMILES string of the molecule is C=CCOC(=O)N1CCC2(CCC(CC(=O)O)C2)C1. The number of rotatable bonds is 4. The Balaban J connectivity index is 1.86. The Kier molecular flexibility index (Phi) is 4.12. The smallest absolute Gasteiger partial charge is 0.410 e. The van der Waals surface area contributed by atoms with Crippen molar-refractivity contribution >= 4 is 12.1 Å². The van der Waals surface area contributed by atoms with Crippen LogP contribution in [0.25, 0.3) is 0 Å². The second-order valence-corrected chi connectivity index (χ2v) is 5.74. The fourth-order valence-electron chi connectivity index (χ4n) is 3.43. The number of nitrogens with zero attached hydrogens (tertiary/aromatic N) is 1. The summed E-state index contributed by atoms with van der Waals surface area (Å²) in [5.74, 6) is -0.455. The largest absolute Gasteiger partial charge is 0.481 e. The third-order valence-corrected chi connectivity index (χ3v) is 4.29. The molecule has 0 aromatic heterocycles. The molecule has 2 fully saturated rings. The first-order valence-electron chi connectivity index (χ1n) is 6.79. The summed E-state index contributed by atoms with van der Waals surface area (Å²) in [7, 11) is 0. The van der Waals surface area contributed by atoms with E-state index >= 15 is 0 Å². The zero-order valence-electron chi connectivity index (χ0n) is 11.1. The molecule has 0 bridgehead atoms. The molecule has 1 saturated carbocycles. The lowest BCUT2D eigenvalue weighted by Gasteiger charge is -2.23. The van der Waals surface area contributed by atoms with Gasteiger partial charge in [-0.15, -0.1) is 0 Å². The molecule has 1 aliphatic carbocycles. The topological polar surface area (TPSA) is 66.8 Å². The highest BCUT2D eigenvalue weighted by Crippen LogP contribution is 2.49. The Labute approximate surface area is 113 Å². The summed E-state index contributed by atoms with van der Waals surface area (Å²) >= 11 is 0. The number of amides is 1. The third kappa shape index (κ3) is 3.28. The molecule has 1 spiro atoms. The van der Waals surface area contributed by atoms with Gasteiger partial charge in [0, 0.05) is 19.5 Å². The minimum absolute atomic E-state index is 0.132. The lowest BCUT2D eigenvalue weighted by atomic mass is 9.84. The van der Waals surface area contributed by atoms with Gasteiger partial charge in [0.25, 0.3) is 0 Å². The van der Waals surface area contributed by atoms with Gasteiger partial charge in [0.1, 0.15) is 6.61 Å². The Morgan fingerprint density at radius 2 is 2.26 bits per heavy atom. The maximum absolute atomic E-state index is 11.8. The van der Waals surface area contributed by atoms with Gasteiger partial charge in [-0.25, -0.2) is 4.79 Å². The highest BCUT2D eigenvalue weighted by molar-refractivity contribution is 5.68. The monoisotopic (exact) mass is 267 g/mol. The summed E-state index contributed by atoms with van der Waals surface area (Å²) in [6, 6.07) is 0. The zero-order chi connectivity index (χ0) is 13.9. The van der Waals surface area contributed by atoms with Crippen LogP contribution in [-0.4, -0.2) is 41.8 Å². The maximum Gasteiger partial charge on any atom is 0.410 e. The van der Waals surface area contributed by atoms with Crippen molar-refractivity contribution in [2.45, 2.75) is 32.1 Å². The van der Waals surface area contributed by atoms with E-state index in [4.69, 9.17) is 9.84 Å². The molecule has 5 heteroatoms. The van der Waals surface area contributed by atoms with Crippen LogP contribution in [0, 0.1) is 11.3 Å². The van der Waals surface area contributed by atoms with Gasteiger partial charge < -0.3 is 14.7 Å². The number of aliphatic carboxylic acids is 1. The standard InChI is InChI=1S/C14H21NO4/c1-2-7-19-13(18)15-6-5-14(10-15)4-3-11(9-14)8-12(16)17/h2,11H,1,3-10H2,(H,16,17). The maximum atomic E-state index is 11.8. The second kappa shape index (κ2) is 5.63. The Hall–Kier alpha value is -1.52. The van der Waals surface area contributed by atoms with Crippen LogP contribution >= 0.6 is 0 Å². The summed E-state index contributed by atoms with van der Waals surface area (Å²) in [5.41, 5.74) is 0.132. The molecule has 5 nitrogen and oxygen atoms in total. The first kappa shape index (κ1) is 13.9. The predicted octanol–water partition coefficient (Wildman–Crippen LogP) is 2.28. The van der Waals surface area contributed by atoms with E-state index < -0.39 is 5.97 Å². The molecule has 1 heterocycles. The molecule has 1 amide bonds. The number of likely N-dealkylation sites (tertiary alicyclic amines) is 1. The average molecular weight is 267 g/mol. The highest BCUT2D eigenvalue weighted by atomic mass is 16.6. The van der Waals surface area contributed by atoms with E-state index in [1.807, 2.05) is 0 Å². The molecular weight excluding hydrogens is 246 g/mol. The first-order chi connectivity index (χ1) is 9.04. The first-order valence-corrected chi connectivity index (χ1v) is 6.79. The summed E-state index contributed by atoms with van der Waals surface area (Å²) in [6.07, 6.45) is 5.40. The van der Waals surface area contributed by atoms with E-state index in [1.165, 1.54) is 0 Å². The van der Waals surface area contributed by atoms with Gasteiger partial charge in [-0.3, -0.25) is 4.79 Å². The van der Waals surface area contributed by atoms with Gasteiger partial charge in [-0.1, -0.05) is 12.7 Å². The molecule has 19 heavy (non-hydrogen) atoms.